The van der Waals surface area contributed by atoms with E-state index in [9.17, 15) is 0 Å². The van der Waals surface area contributed by atoms with Crippen LogP contribution in [0, 0.1) is 17.3 Å². The molecule has 0 aromatic heterocycles. The average molecular weight is 369 g/mol. The first kappa shape index (κ1) is 20.9. The number of hydrogen-bond acceptors (Lipinski definition) is 0. The van der Waals surface area contributed by atoms with Crippen LogP contribution in [0.3, 0.4) is 0 Å². The lowest BCUT2D eigenvalue weighted by Gasteiger charge is -2.37. The smallest absolute Gasteiger partial charge is 0.0162 e. The fourth-order valence-corrected chi connectivity index (χ4v) is 5.63. The van der Waals surface area contributed by atoms with Crippen molar-refractivity contribution in [2.24, 2.45) is 17.3 Å². The molecule has 3 rings (SSSR count). The highest BCUT2D eigenvalue weighted by Gasteiger charge is 2.30. The van der Waals surface area contributed by atoms with Gasteiger partial charge >= 0.3 is 0 Å². The first-order valence-electron chi connectivity index (χ1n) is 12.2. The molecule has 0 unspecified atom stereocenters. The Balaban J connectivity index is 1.40. The van der Waals surface area contributed by atoms with Crippen LogP contribution in [0.4, 0.5) is 0 Å². The SMILES string of the molecule is CCCC[C@H]1CC[C@H](CCc2ccc(C3CCC(C)(CC)CC3)cc2)CC1. The molecule has 0 N–H and O–H groups in total. The molecule has 0 atom stereocenters. The van der Waals surface area contributed by atoms with Crippen LogP contribution >= 0.6 is 0 Å². The van der Waals surface area contributed by atoms with Gasteiger partial charge < -0.3 is 0 Å². The Bertz CT molecular complexity index is 524. The molecule has 0 saturated heterocycles. The number of unbranched alkanes of at least 4 members (excludes halogenated alkanes) is 1. The van der Waals surface area contributed by atoms with Crippen LogP contribution in [0.2, 0.25) is 0 Å². The van der Waals surface area contributed by atoms with E-state index in [1.54, 1.807) is 11.1 Å². The summed E-state index contributed by atoms with van der Waals surface area (Å²) in [4.78, 5) is 0. The number of hydrogen-bond donors (Lipinski definition) is 0. The van der Waals surface area contributed by atoms with Gasteiger partial charge in [0.05, 0.1) is 0 Å². The third-order valence-electron chi connectivity index (χ3n) is 8.27. The zero-order valence-corrected chi connectivity index (χ0v) is 18.4. The molecule has 0 heterocycles. The Morgan fingerprint density at radius 3 is 1.96 bits per heavy atom. The molecule has 2 aliphatic carbocycles. The highest BCUT2D eigenvalue weighted by atomic mass is 14.3. The van der Waals surface area contributed by atoms with E-state index >= 15 is 0 Å². The Morgan fingerprint density at radius 2 is 1.41 bits per heavy atom. The van der Waals surface area contributed by atoms with Gasteiger partial charge in [-0.05, 0) is 72.8 Å². The monoisotopic (exact) mass is 368 g/mol. The standard InChI is InChI=1S/C27H44/c1-4-6-7-22-8-10-23(11-9-22)12-13-24-14-16-25(17-15-24)26-18-20-27(3,5-2)21-19-26/h14-17,22-23,26H,4-13,18-21H2,1-3H3/t22-,23-,26?,27?. The van der Waals surface area contributed by atoms with Gasteiger partial charge in [-0.1, -0.05) is 96.4 Å². The molecule has 0 spiro atoms. The lowest BCUT2D eigenvalue weighted by atomic mass is 9.69. The molecule has 2 saturated carbocycles. The van der Waals surface area contributed by atoms with Crippen molar-refractivity contribution in [3.05, 3.63) is 35.4 Å². The highest BCUT2D eigenvalue weighted by Crippen LogP contribution is 2.44. The summed E-state index contributed by atoms with van der Waals surface area (Å²) in [5.41, 5.74) is 3.79. The Morgan fingerprint density at radius 1 is 0.815 bits per heavy atom. The fourth-order valence-electron chi connectivity index (χ4n) is 5.63. The van der Waals surface area contributed by atoms with E-state index in [0.29, 0.717) is 5.41 Å². The summed E-state index contributed by atoms with van der Waals surface area (Å²) >= 11 is 0. The van der Waals surface area contributed by atoms with E-state index in [1.165, 1.54) is 89.9 Å². The molecule has 0 heteroatoms. The van der Waals surface area contributed by atoms with E-state index in [4.69, 9.17) is 0 Å². The molecular formula is C27H44. The highest BCUT2D eigenvalue weighted by molar-refractivity contribution is 5.26. The third-order valence-corrected chi connectivity index (χ3v) is 8.27. The summed E-state index contributed by atoms with van der Waals surface area (Å²) in [6.07, 6.45) is 20.0. The molecule has 27 heavy (non-hydrogen) atoms. The third kappa shape index (κ3) is 6.10. The average Bonchev–Trinajstić information content (AvgIpc) is 2.72. The molecular weight excluding hydrogens is 324 g/mol. The van der Waals surface area contributed by atoms with Gasteiger partial charge in [0.1, 0.15) is 0 Å². The number of benzene rings is 1. The van der Waals surface area contributed by atoms with Crippen LogP contribution in [0.1, 0.15) is 121 Å². The maximum atomic E-state index is 2.49. The lowest BCUT2D eigenvalue weighted by molar-refractivity contribution is 0.191. The van der Waals surface area contributed by atoms with Crippen molar-refractivity contribution in [2.75, 3.05) is 0 Å². The van der Waals surface area contributed by atoms with Gasteiger partial charge in [-0.15, -0.1) is 0 Å². The van der Waals surface area contributed by atoms with Crippen LogP contribution in [-0.2, 0) is 6.42 Å². The molecule has 1 aromatic rings. The summed E-state index contributed by atoms with van der Waals surface area (Å²) in [6.45, 7) is 7.18. The number of rotatable bonds is 8. The molecule has 0 radical (unpaired) electrons. The molecule has 152 valence electrons. The van der Waals surface area contributed by atoms with Crippen LogP contribution in [0.5, 0.6) is 0 Å². The predicted molar refractivity (Wildman–Crippen MR) is 119 cm³/mol. The van der Waals surface area contributed by atoms with Crippen LogP contribution in [0.25, 0.3) is 0 Å². The maximum Gasteiger partial charge on any atom is -0.0162 e. The Hall–Kier alpha value is -0.780. The Labute approximate surface area is 169 Å². The van der Waals surface area contributed by atoms with Crippen molar-refractivity contribution in [3.8, 4) is 0 Å². The topological polar surface area (TPSA) is 0 Å². The fraction of sp³-hybridized carbons (Fsp3) is 0.778. The minimum Gasteiger partial charge on any atom is -0.0654 e. The van der Waals surface area contributed by atoms with Gasteiger partial charge in [-0.3, -0.25) is 0 Å². The van der Waals surface area contributed by atoms with Crippen molar-refractivity contribution in [1.82, 2.24) is 0 Å². The molecule has 2 aliphatic rings. The van der Waals surface area contributed by atoms with Gasteiger partial charge in [-0.2, -0.15) is 0 Å². The van der Waals surface area contributed by atoms with Crippen molar-refractivity contribution in [2.45, 2.75) is 117 Å². The van der Waals surface area contributed by atoms with Crippen molar-refractivity contribution in [1.29, 1.82) is 0 Å². The zero-order valence-electron chi connectivity index (χ0n) is 18.4. The molecule has 0 aliphatic heterocycles. The molecule has 0 bridgehead atoms. The van der Waals surface area contributed by atoms with Gasteiger partial charge in [-0.25, -0.2) is 0 Å². The van der Waals surface area contributed by atoms with Gasteiger partial charge in [0, 0.05) is 0 Å². The molecule has 2 fully saturated rings. The van der Waals surface area contributed by atoms with Crippen LogP contribution in [-0.4, -0.2) is 0 Å². The lowest BCUT2D eigenvalue weighted by Crippen LogP contribution is -2.22. The maximum absolute atomic E-state index is 2.49. The zero-order chi connectivity index (χ0) is 19.1. The Kier molecular flexibility index (Phi) is 7.86. The second kappa shape index (κ2) is 10.1. The minimum absolute atomic E-state index is 0.617. The minimum atomic E-state index is 0.617. The van der Waals surface area contributed by atoms with Gasteiger partial charge in [0.25, 0.3) is 0 Å². The summed E-state index contributed by atoms with van der Waals surface area (Å²) < 4.78 is 0. The molecule has 0 nitrogen and oxygen atoms in total. The van der Waals surface area contributed by atoms with E-state index in [-0.39, 0.29) is 0 Å². The van der Waals surface area contributed by atoms with Gasteiger partial charge in [0.2, 0.25) is 0 Å². The van der Waals surface area contributed by atoms with Crippen LogP contribution in [0.15, 0.2) is 24.3 Å². The molecule has 0 amide bonds. The first-order chi connectivity index (χ1) is 13.1. The predicted octanol–water partition coefficient (Wildman–Crippen LogP) is 8.69. The van der Waals surface area contributed by atoms with Crippen molar-refractivity contribution in [3.63, 3.8) is 0 Å². The van der Waals surface area contributed by atoms with Crippen molar-refractivity contribution >= 4 is 0 Å². The van der Waals surface area contributed by atoms with Gasteiger partial charge in [0.15, 0.2) is 0 Å². The van der Waals surface area contributed by atoms with E-state index in [2.05, 4.69) is 45.0 Å². The van der Waals surface area contributed by atoms with Crippen LogP contribution < -0.4 is 0 Å². The van der Waals surface area contributed by atoms with E-state index < -0.39 is 0 Å². The summed E-state index contributed by atoms with van der Waals surface area (Å²) in [5.74, 6) is 2.86. The number of aryl methyl sites for hydroxylation is 1. The second-order valence-corrected chi connectivity index (χ2v) is 10.2. The first-order valence-corrected chi connectivity index (χ1v) is 12.2. The summed E-state index contributed by atoms with van der Waals surface area (Å²) in [5, 5.41) is 0. The second-order valence-electron chi connectivity index (χ2n) is 10.2. The van der Waals surface area contributed by atoms with E-state index in [0.717, 1.165) is 17.8 Å². The quantitative estimate of drug-likeness (QED) is 0.430. The molecule has 1 aromatic carbocycles. The van der Waals surface area contributed by atoms with E-state index in [1.807, 2.05) is 0 Å². The largest absolute Gasteiger partial charge is 0.0654 e. The summed E-state index contributed by atoms with van der Waals surface area (Å²) in [6, 6.07) is 9.79. The van der Waals surface area contributed by atoms with Crippen molar-refractivity contribution < 1.29 is 0 Å². The normalized spacial score (nSPS) is 31.7. The summed E-state index contributed by atoms with van der Waals surface area (Å²) in [7, 11) is 0.